The van der Waals surface area contributed by atoms with Crippen LogP contribution in [0.5, 0.6) is 0 Å². The second-order valence-corrected chi connectivity index (χ2v) is 7.50. The third-order valence-corrected chi connectivity index (χ3v) is 5.24. The molecule has 0 aromatic heterocycles. The Hall–Kier alpha value is -3.20. The Morgan fingerprint density at radius 2 is 0.966 bits per heavy atom. The number of benzene rings is 5. The molecule has 5 rings (SSSR count). The monoisotopic (exact) mass is 378 g/mol. The molecule has 5 aromatic rings. The zero-order valence-electron chi connectivity index (χ0n) is 16.7. The van der Waals surface area contributed by atoms with Gasteiger partial charge in [0.15, 0.2) is 0 Å². The molecular formula is C27H26N2. The van der Waals surface area contributed by atoms with E-state index in [-0.39, 0.29) is 0 Å². The number of nitrogens with two attached hydrogens (primary N) is 1. The van der Waals surface area contributed by atoms with Gasteiger partial charge < -0.3 is 0 Å². The lowest BCUT2D eigenvalue weighted by atomic mass is 10.00. The van der Waals surface area contributed by atoms with Crippen LogP contribution in [0, 0.1) is 0 Å². The fourth-order valence-electron chi connectivity index (χ4n) is 3.66. The lowest BCUT2D eigenvalue weighted by molar-refractivity contribution is 0.568. The molecule has 0 aliphatic rings. The minimum Gasteiger partial charge on any atom is -0.271 e. The van der Waals surface area contributed by atoms with E-state index < -0.39 is 0 Å². The van der Waals surface area contributed by atoms with Crippen LogP contribution in [-0.4, -0.2) is 6.04 Å². The predicted octanol–water partition coefficient (Wildman–Crippen LogP) is 6.23. The summed E-state index contributed by atoms with van der Waals surface area (Å²) in [6.45, 7) is 2.06. The third-order valence-electron chi connectivity index (χ3n) is 5.24. The first-order valence-electron chi connectivity index (χ1n) is 10.0. The minimum absolute atomic E-state index is 0.345. The van der Waals surface area contributed by atoms with E-state index >= 15 is 0 Å². The summed E-state index contributed by atoms with van der Waals surface area (Å²) in [5.74, 6) is 5.27. The van der Waals surface area contributed by atoms with Gasteiger partial charge in [-0.05, 0) is 75.5 Å². The molecule has 0 spiro atoms. The van der Waals surface area contributed by atoms with Crippen molar-refractivity contribution in [3.63, 3.8) is 0 Å². The van der Waals surface area contributed by atoms with Crippen LogP contribution in [-0.2, 0) is 6.42 Å². The van der Waals surface area contributed by atoms with Crippen molar-refractivity contribution in [1.29, 1.82) is 0 Å². The van der Waals surface area contributed by atoms with E-state index in [4.69, 9.17) is 5.84 Å². The number of hydrazine groups is 1. The highest BCUT2D eigenvalue weighted by atomic mass is 15.2. The van der Waals surface area contributed by atoms with Crippen LogP contribution in [0.15, 0.2) is 103 Å². The van der Waals surface area contributed by atoms with E-state index in [0.717, 1.165) is 6.42 Å². The van der Waals surface area contributed by atoms with Gasteiger partial charge in [0, 0.05) is 6.04 Å². The molecule has 0 amide bonds. The standard InChI is InChI=1S/C18H12.C9H14N2/c1-2-6-14-10-18-12-16-8-4-3-7-15(16)11-17(18)9-13(14)5-1;1-8(11-10)7-9-5-3-2-4-6-9/h1-12H;2-6,8,11H,7,10H2,1H3. The van der Waals surface area contributed by atoms with Gasteiger partial charge in [0.2, 0.25) is 0 Å². The molecule has 2 nitrogen and oxygen atoms in total. The van der Waals surface area contributed by atoms with E-state index in [1.807, 2.05) is 18.2 Å². The molecule has 2 heteroatoms. The second-order valence-electron chi connectivity index (χ2n) is 7.50. The number of nitrogens with one attached hydrogen (secondary N) is 1. The molecule has 1 unspecified atom stereocenters. The molecule has 29 heavy (non-hydrogen) atoms. The third kappa shape index (κ3) is 4.62. The van der Waals surface area contributed by atoms with Crippen molar-refractivity contribution in [2.45, 2.75) is 19.4 Å². The maximum atomic E-state index is 5.27. The summed E-state index contributed by atoms with van der Waals surface area (Å²) in [5, 5.41) is 7.85. The van der Waals surface area contributed by atoms with Crippen molar-refractivity contribution in [3.8, 4) is 0 Å². The fraction of sp³-hybridized carbons (Fsp3) is 0.111. The van der Waals surface area contributed by atoms with Gasteiger partial charge in [-0.15, -0.1) is 0 Å². The molecule has 144 valence electrons. The van der Waals surface area contributed by atoms with Crippen molar-refractivity contribution < 1.29 is 0 Å². The van der Waals surface area contributed by atoms with Crippen LogP contribution < -0.4 is 11.3 Å². The molecule has 3 N–H and O–H groups in total. The molecule has 0 saturated heterocycles. The van der Waals surface area contributed by atoms with Crippen LogP contribution in [0.3, 0.4) is 0 Å². The Balaban J connectivity index is 0.000000161. The number of hydrogen-bond acceptors (Lipinski definition) is 2. The molecular weight excluding hydrogens is 352 g/mol. The highest BCUT2D eigenvalue weighted by Gasteiger charge is 2.00. The highest BCUT2D eigenvalue weighted by Crippen LogP contribution is 2.27. The SMILES string of the molecule is CC(Cc1ccccc1)NN.c1ccc2cc3cc4ccccc4cc3cc2c1. The number of fused-ring (bicyclic) bond motifs is 3. The van der Waals surface area contributed by atoms with E-state index in [2.05, 4.69) is 97.3 Å². The summed E-state index contributed by atoms with van der Waals surface area (Å²) in [4.78, 5) is 0. The lowest BCUT2D eigenvalue weighted by Gasteiger charge is -2.08. The molecule has 0 heterocycles. The van der Waals surface area contributed by atoms with Crippen LogP contribution in [0.2, 0.25) is 0 Å². The van der Waals surface area contributed by atoms with E-state index in [1.165, 1.54) is 37.9 Å². The Bertz CT molecular complexity index is 1080. The molecule has 0 aliphatic heterocycles. The summed E-state index contributed by atoms with van der Waals surface area (Å²) < 4.78 is 0. The van der Waals surface area contributed by atoms with Crippen molar-refractivity contribution in [2.75, 3.05) is 0 Å². The smallest absolute Gasteiger partial charge is 0.0222 e. The minimum atomic E-state index is 0.345. The van der Waals surface area contributed by atoms with Gasteiger partial charge in [-0.25, -0.2) is 0 Å². The molecule has 0 saturated carbocycles. The van der Waals surface area contributed by atoms with Gasteiger partial charge in [-0.2, -0.15) is 0 Å². The summed E-state index contributed by atoms with van der Waals surface area (Å²) in [6.07, 6.45) is 0.983. The number of rotatable bonds is 3. The summed E-state index contributed by atoms with van der Waals surface area (Å²) in [6, 6.07) is 36.8. The molecule has 0 fully saturated rings. The average Bonchev–Trinajstić information content (AvgIpc) is 2.77. The Morgan fingerprint density at radius 3 is 1.34 bits per heavy atom. The number of hydrogen-bond donors (Lipinski definition) is 2. The predicted molar refractivity (Wildman–Crippen MR) is 126 cm³/mol. The molecule has 0 bridgehead atoms. The maximum absolute atomic E-state index is 5.27. The molecule has 5 aromatic carbocycles. The van der Waals surface area contributed by atoms with Crippen molar-refractivity contribution in [3.05, 3.63) is 109 Å². The van der Waals surface area contributed by atoms with Crippen LogP contribution in [0.1, 0.15) is 12.5 Å². The zero-order chi connectivity index (χ0) is 20.1. The van der Waals surface area contributed by atoms with Crippen LogP contribution >= 0.6 is 0 Å². The molecule has 1 atom stereocenters. The first kappa shape index (κ1) is 19.1. The van der Waals surface area contributed by atoms with E-state index in [0.29, 0.717) is 6.04 Å². The van der Waals surface area contributed by atoms with Gasteiger partial charge in [-0.3, -0.25) is 11.3 Å². The van der Waals surface area contributed by atoms with E-state index in [1.54, 1.807) is 0 Å². The Kier molecular flexibility index (Phi) is 5.85. The van der Waals surface area contributed by atoms with Crippen LogP contribution in [0.25, 0.3) is 32.3 Å². The molecule has 0 radical (unpaired) electrons. The maximum Gasteiger partial charge on any atom is 0.0222 e. The van der Waals surface area contributed by atoms with Crippen LogP contribution in [0.4, 0.5) is 0 Å². The molecule has 0 aliphatic carbocycles. The summed E-state index contributed by atoms with van der Waals surface area (Å²) in [7, 11) is 0. The highest BCUT2D eigenvalue weighted by molar-refractivity contribution is 6.04. The Morgan fingerprint density at radius 1 is 0.586 bits per heavy atom. The lowest BCUT2D eigenvalue weighted by Crippen LogP contribution is -2.33. The largest absolute Gasteiger partial charge is 0.271 e. The topological polar surface area (TPSA) is 38.0 Å². The first-order valence-corrected chi connectivity index (χ1v) is 10.0. The van der Waals surface area contributed by atoms with Gasteiger partial charge in [0.25, 0.3) is 0 Å². The Labute approximate surface area is 171 Å². The second kappa shape index (κ2) is 8.87. The normalized spacial score (nSPS) is 11.9. The average molecular weight is 379 g/mol. The quantitative estimate of drug-likeness (QED) is 0.222. The van der Waals surface area contributed by atoms with E-state index in [9.17, 15) is 0 Å². The van der Waals surface area contributed by atoms with Gasteiger partial charge in [0.05, 0.1) is 0 Å². The summed E-state index contributed by atoms with van der Waals surface area (Å²) in [5.41, 5.74) is 4.03. The van der Waals surface area contributed by atoms with Gasteiger partial charge in [-0.1, -0.05) is 78.9 Å². The first-order chi connectivity index (χ1) is 14.2. The van der Waals surface area contributed by atoms with Crippen molar-refractivity contribution in [2.24, 2.45) is 5.84 Å². The fourth-order valence-corrected chi connectivity index (χ4v) is 3.66. The summed E-state index contributed by atoms with van der Waals surface area (Å²) >= 11 is 0. The van der Waals surface area contributed by atoms with Crippen molar-refractivity contribution >= 4 is 32.3 Å². The zero-order valence-corrected chi connectivity index (χ0v) is 16.7. The van der Waals surface area contributed by atoms with Gasteiger partial charge >= 0.3 is 0 Å². The van der Waals surface area contributed by atoms with Crippen molar-refractivity contribution in [1.82, 2.24) is 5.43 Å². The van der Waals surface area contributed by atoms with Gasteiger partial charge in [0.1, 0.15) is 0 Å².